The topological polar surface area (TPSA) is 121 Å². The van der Waals surface area contributed by atoms with Crippen LogP contribution in [0.1, 0.15) is 13.3 Å². The number of nitriles is 1. The van der Waals surface area contributed by atoms with E-state index in [1.54, 1.807) is 12.1 Å². The van der Waals surface area contributed by atoms with Crippen molar-refractivity contribution in [1.29, 1.82) is 5.26 Å². The molecule has 1 unspecified atom stereocenters. The van der Waals surface area contributed by atoms with Crippen LogP contribution in [0.2, 0.25) is 5.02 Å². The van der Waals surface area contributed by atoms with Crippen molar-refractivity contribution in [2.75, 3.05) is 24.6 Å². The van der Waals surface area contributed by atoms with Gasteiger partial charge in [0.15, 0.2) is 0 Å². The number of rotatable bonds is 11. The molecule has 0 N–H and O–H groups in total. The number of ether oxygens (including phenoxy) is 1. The Morgan fingerprint density at radius 1 is 1.30 bits per heavy atom. The van der Waals surface area contributed by atoms with Crippen LogP contribution in [0.3, 0.4) is 0 Å². The molecule has 2 rings (SSSR count). The summed E-state index contributed by atoms with van der Waals surface area (Å²) in [6, 6.07) is 13.1. The Labute approximate surface area is 178 Å². The number of nitrogens with zero attached hydrogens (tertiary/aromatic N) is 5. The summed E-state index contributed by atoms with van der Waals surface area (Å²) in [7, 11) is 0. The molecule has 2 aromatic carbocycles. The van der Waals surface area contributed by atoms with Crippen molar-refractivity contribution in [1.82, 2.24) is 0 Å². The Morgan fingerprint density at radius 2 is 2.03 bits per heavy atom. The van der Waals surface area contributed by atoms with Gasteiger partial charge < -0.3 is 14.4 Å². The first-order valence-electron chi connectivity index (χ1n) is 9.11. The number of likely N-dealkylation sites (N-methyl/N-ethyl adjacent to an activating group) is 1. The van der Waals surface area contributed by atoms with Crippen LogP contribution in [-0.4, -0.2) is 37.0 Å². The normalized spacial score (nSPS) is 11.8. The van der Waals surface area contributed by atoms with Crippen LogP contribution in [0.4, 0.5) is 22.7 Å². The number of azo groups is 1. The molecule has 156 valence electrons. The maximum atomic E-state index is 10.8. The summed E-state index contributed by atoms with van der Waals surface area (Å²) in [5, 5.41) is 27.7. The number of nitro benzene ring substituents is 1. The van der Waals surface area contributed by atoms with Gasteiger partial charge in [0.05, 0.1) is 27.8 Å². The summed E-state index contributed by atoms with van der Waals surface area (Å²) < 4.78 is 5.41. The minimum Gasteiger partial charge on any atom is -0.369 e. The molecule has 0 heterocycles. The highest BCUT2D eigenvalue weighted by molar-refractivity contribution is 6.33. The number of non-ortho nitro benzene ring substituents is 1. The number of hydrogen-bond donors (Lipinski definition) is 0. The molecule has 0 radical (unpaired) electrons. The van der Waals surface area contributed by atoms with E-state index in [0.717, 1.165) is 12.0 Å². The van der Waals surface area contributed by atoms with E-state index in [4.69, 9.17) is 21.6 Å². The molecule has 0 fully saturated rings. The highest BCUT2D eigenvalue weighted by Crippen LogP contribution is 2.30. The predicted octanol–water partition coefficient (Wildman–Crippen LogP) is 4.99. The Kier molecular flexibility index (Phi) is 8.87. The summed E-state index contributed by atoms with van der Waals surface area (Å²) in [4.78, 5) is 23.1. The average molecular weight is 430 g/mol. The second kappa shape index (κ2) is 11.6. The molecule has 9 nitrogen and oxygen atoms in total. The third kappa shape index (κ3) is 6.62. The van der Waals surface area contributed by atoms with Gasteiger partial charge in [-0.25, -0.2) is 0 Å². The van der Waals surface area contributed by atoms with E-state index in [-0.39, 0.29) is 29.8 Å². The number of benzene rings is 2. The second-order valence-electron chi connectivity index (χ2n) is 6.14. The van der Waals surface area contributed by atoms with E-state index >= 15 is 0 Å². The van der Waals surface area contributed by atoms with E-state index in [1.165, 1.54) is 18.2 Å². The molecule has 0 aromatic heterocycles. The first-order chi connectivity index (χ1) is 14.5. The quantitative estimate of drug-likeness (QED) is 0.215. The van der Waals surface area contributed by atoms with Crippen LogP contribution in [0.5, 0.6) is 0 Å². The average Bonchev–Trinajstić information content (AvgIpc) is 2.75. The van der Waals surface area contributed by atoms with Crippen LogP contribution in [-0.2, 0) is 9.53 Å². The number of halogens is 1. The van der Waals surface area contributed by atoms with Crippen molar-refractivity contribution < 1.29 is 14.5 Å². The van der Waals surface area contributed by atoms with Crippen molar-refractivity contribution in [3.05, 3.63) is 57.6 Å². The van der Waals surface area contributed by atoms with Crippen LogP contribution >= 0.6 is 11.6 Å². The number of carbonyl (C=O) groups is 1. The summed E-state index contributed by atoms with van der Waals surface area (Å²) in [6.45, 7) is 3.06. The standard InChI is InChI=1S/C20H20ClN5O4/c1-2-25(14-18(9-11-27)30-12-10-22)16-5-3-15(4-6-16)23-24-20-8-7-17(26(28)29)13-19(20)21/h3-8,11,13,18H,2,9,12,14H2,1H3. The van der Waals surface area contributed by atoms with Crippen LogP contribution in [0.15, 0.2) is 52.7 Å². The minimum atomic E-state index is -0.532. The molecular weight excluding hydrogens is 410 g/mol. The van der Waals surface area contributed by atoms with Gasteiger partial charge >= 0.3 is 0 Å². The molecular formula is C20H20ClN5O4. The van der Waals surface area contributed by atoms with Crippen molar-refractivity contribution in [2.45, 2.75) is 19.4 Å². The van der Waals surface area contributed by atoms with Gasteiger partial charge in [0.25, 0.3) is 5.69 Å². The molecule has 0 saturated heterocycles. The van der Waals surface area contributed by atoms with E-state index < -0.39 is 4.92 Å². The first-order valence-corrected chi connectivity index (χ1v) is 9.49. The molecule has 0 bridgehead atoms. The zero-order valence-electron chi connectivity index (χ0n) is 16.3. The lowest BCUT2D eigenvalue weighted by Crippen LogP contribution is -2.34. The fourth-order valence-corrected chi connectivity index (χ4v) is 2.87. The van der Waals surface area contributed by atoms with Crippen molar-refractivity contribution in [3.8, 4) is 6.07 Å². The second-order valence-corrected chi connectivity index (χ2v) is 6.55. The molecule has 0 amide bonds. The molecule has 30 heavy (non-hydrogen) atoms. The number of anilines is 1. The number of carbonyl (C=O) groups excluding carboxylic acids is 1. The SMILES string of the molecule is CCN(CC(CC=O)OCC#N)c1ccc(N=Nc2ccc([N+](=O)[O-])cc2Cl)cc1. The van der Waals surface area contributed by atoms with Gasteiger partial charge in [-0.3, -0.25) is 10.1 Å². The lowest BCUT2D eigenvalue weighted by molar-refractivity contribution is -0.384. The largest absolute Gasteiger partial charge is 0.369 e. The number of aldehydes is 1. The van der Waals surface area contributed by atoms with Crippen molar-refractivity contribution >= 4 is 40.6 Å². The van der Waals surface area contributed by atoms with Crippen LogP contribution in [0, 0.1) is 21.4 Å². The van der Waals surface area contributed by atoms with Gasteiger partial charge in [0.2, 0.25) is 0 Å². The smallest absolute Gasteiger partial charge is 0.271 e. The summed E-state index contributed by atoms with van der Waals surface area (Å²) in [6.07, 6.45) is 0.620. The molecule has 0 aliphatic rings. The molecule has 1 atom stereocenters. The van der Waals surface area contributed by atoms with Crippen LogP contribution in [0.25, 0.3) is 0 Å². The molecule has 10 heteroatoms. The Hall–Kier alpha value is -3.35. The molecule has 0 saturated carbocycles. The van der Waals surface area contributed by atoms with E-state index in [0.29, 0.717) is 24.5 Å². The maximum absolute atomic E-state index is 10.8. The highest BCUT2D eigenvalue weighted by Gasteiger charge is 2.14. The monoisotopic (exact) mass is 429 g/mol. The Bertz CT molecular complexity index is 943. The molecule has 0 aliphatic heterocycles. The van der Waals surface area contributed by atoms with E-state index in [9.17, 15) is 14.9 Å². The number of hydrogen-bond acceptors (Lipinski definition) is 8. The van der Waals surface area contributed by atoms with Gasteiger partial charge in [-0.1, -0.05) is 11.6 Å². The molecule has 0 spiro atoms. The summed E-state index contributed by atoms with van der Waals surface area (Å²) >= 11 is 6.01. The third-order valence-corrected chi connectivity index (χ3v) is 4.48. The maximum Gasteiger partial charge on any atom is 0.271 e. The lowest BCUT2D eigenvalue weighted by Gasteiger charge is -2.27. The van der Waals surface area contributed by atoms with Gasteiger partial charge in [-0.05, 0) is 37.3 Å². The van der Waals surface area contributed by atoms with Gasteiger partial charge in [-0.15, -0.1) is 5.11 Å². The minimum absolute atomic E-state index is 0.0689. The first kappa shape index (κ1) is 22.9. The van der Waals surface area contributed by atoms with E-state index in [1.807, 2.05) is 30.0 Å². The van der Waals surface area contributed by atoms with Gasteiger partial charge in [0.1, 0.15) is 18.6 Å². The zero-order chi connectivity index (χ0) is 21.9. The summed E-state index contributed by atoms with van der Waals surface area (Å²) in [5.41, 5.74) is 1.69. The summed E-state index contributed by atoms with van der Waals surface area (Å²) in [5.74, 6) is 0. The van der Waals surface area contributed by atoms with Gasteiger partial charge in [-0.2, -0.15) is 10.4 Å². The third-order valence-electron chi connectivity index (χ3n) is 4.18. The zero-order valence-corrected chi connectivity index (χ0v) is 17.0. The molecule has 2 aromatic rings. The molecule has 0 aliphatic carbocycles. The Morgan fingerprint density at radius 3 is 2.60 bits per heavy atom. The highest BCUT2D eigenvalue weighted by atomic mass is 35.5. The fraction of sp³-hybridized carbons (Fsp3) is 0.300. The lowest BCUT2D eigenvalue weighted by atomic mass is 10.2. The predicted molar refractivity (Wildman–Crippen MR) is 113 cm³/mol. The van der Waals surface area contributed by atoms with Crippen molar-refractivity contribution in [3.63, 3.8) is 0 Å². The van der Waals surface area contributed by atoms with Crippen molar-refractivity contribution in [2.24, 2.45) is 10.2 Å². The fourth-order valence-electron chi connectivity index (χ4n) is 2.65. The van der Waals surface area contributed by atoms with E-state index in [2.05, 4.69) is 10.2 Å². The number of nitro groups is 1. The van der Waals surface area contributed by atoms with Gasteiger partial charge in [0, 0.05) is 37.3 Å². The van der Waals surface area contributed by atoms with Crippen LogP contribution < -0.4 is 4.90 Å². The Balaban J connectivity index is 2.09.